The number of hydrogen-bond acceptors (Lipinski definition) is 4. The van der Waals surface area contributed by atoms with E-state index in [1.807, 2.05) is 0 Å². The fourth-order valence-electron chi connectivity index (χ4n) is 2.11. The van der Waals surface area contributed by atoms with Crippen molar-refractivity contribution >= 4 is 17.5 Å². The number of hydrogen-bond donors (Lipinski definition) is 2. The van der Waals surface area contributed by atoms with Gasteiger partial charge >= 0.3 is 6.18 Å². The third-order valence-corrected chi connectivity index (χ3v) is 3.40. The number of carbonyl (C=O) groups excluding carboxylic acids is 1. The van der Waals surface area contributed by atoms with Crippen molar-refractivity contribution in [3.63, 3.8) is 0 Å². The lowest BCUT2D eigenvalue weighted by Crippen LogP contribution is -2.16. The number of nitrogens with one attached hydrogen (secondary N) is 2. The van der Waals surface area contributed by atoms with E-state index in [4.69, 9.17) is 0 Å². The summed E-state index contributed by atoms with van der Waals surface area (Å²) in [6, 6.07) is 5.85. The number of nitrogens with zero attached hydrogens (tertiary/aromatic N) is 2. The van der Waals surface area contributed by atoms with E-state index in [9.17, 15) is 18.0 Å². The molecule has 0 aliphatic carbocycles. The van der Waals surface area contributed by atoms with Crippen LogP contribution >= 0.6 is 0 Å². The Labute approximate surface area is 143 Å². The number of carbonyl (C=O) groups is 1. The second kappa shape index (κ2) is 8.46. The van der Waals surface area contributed by atoms with Gasteiger partial charge in [0.25, 0.3) is 5.91 Å². The minimum absolute atomic E-state index is 0.0518. The molecule has 0 fully saturated rings. The number of rotatable bonds is 7. The summed E-state index contributed by atoms with van der Waals surface area (Å²) >= 11 is 0. The molecule has 0 spiro atoms. The molecule has 0 saturated heterocycles. The SMILES string of the molecule is CCCCCNc1nccc(C(=O)Nc2cccc(C(F)(F)F)c2)n1. The highest BCUT2D eigenvalue weighted by molar-refractivity contribution is 6.03. The summed E-state index contributed by atoms with van der Waals surface area (Å²) in [5.74, 6) is -0.286. The summed E-state index contributed by atoms with van der Waals surface area (Å²) in [5, 5.41) is 5.43. The molecule has 0 unspecified atom stereocenters. The summed E-state index contributed by atoms with van der Waals surface area (Å²) in [7, 11) is 0. The Morgan fingerprint density at radius 1 is 1.20 bits per heavy atom. The first kappa shape index (κ1) is 18.7. The van der Waals surface area contributed by atoms with E-state index in [0.29, 0.717) is 12.5 Å². The van der Waals surface area contributed by atoms with Crippen molar-refractivity contribution in [3.8, 4) is 0 Å². The van der Waals surface area contributed by atoms with Gasteiger partial charge in [-0.15, -0.1) is 0 Å². The average molecular weight is 352 g/mol. The molecule has 25 heavy (non-hydrogen) atoms. The molecule has 5 nitrogen and oxygen atoms in total. The van der Waals surface area contributed by atoms with Crippen LogP contribution in [-0.4, -0.2) is 22.4 Å². The predicted molar refractivity (Wildman–Crippen MR) is 89.4 cm³/mol. The molecule has 2 N–H and O–H groups in total. The van der Waals surface area contributed by atoms with Gasteiger partial charge in [0, 0.05) is 18.4 Å². The van der Waals surface area contributed by atoms with Crippen molar-refractivity contribution in [2.75, 3.05) is 17.2 Å². The van der Waals surface area contributed by atoms with Crippen LogP contribution in [0.3, 0.4) is 0 Å². The molecular formula is C17H19F3N4O. The van der Waals surface area contributed by atoms with Gasteiger partial charge in [0.2, 0.25) is 5.95 Å². The normalized spacial score (nSPS) is 11.2. The summed E-state index contributed by atoms with van der Waals surface area (Å²) < 4.78 is 38.1. The molecule has 0 saturated carbocycles. The molecule has 0 aliphatic rings. The van der Waals surface area contributed by atoms with Gasteiger partial charge in [0.15, 0.2) is 0 Å². The largest absolute Gasteiger partial charge is 0.416 e. The zero-order chi connectivity index (χ0) is 18.3. The predicted octanol–water partition coefficient (Wildman–Crippen LogP) is 4.35. The van der Waals surface area contributed by atoms with Gasteiger partial charge in [0.05, 0.1) is 5.56 Å². The third-order valence-electron chi connectivity index (χ3n) is 3.40. The highest BCUT2D eigenvalue weighted by Gasteiger charge is 2.30. The minimum atomic E-state index is -4.47. The lowest BCUT2D eigenvalue weighted by Gasteiger charge is -2.10. The lowest BCUT2D eigenvalue weighted by atomic mass is 10.2. The molecular weight excluding hydrogens is 333 g/mol. The molecule has 1 aromatic carbocycles. The first-order chi connectivity index (χ1) is 11.9. The van der Waals surface area contributed by atoms with Crippen LogP contribution in [0.5, 0.6) is 0 Å². The average Bonchev–Trinajstić information content (AvgIpc) is 2.58. The zero-order valence-corrected chi connectivity index (χ0v) is 13.7. The van der Waals surface area contributed by atoms with E-state index in [-0.39, 0.29) is 11.4 Å². The Kier molecular flexibility index (Phi) is 6.32. The van der Waals surface area contributed by atoms with E-state index in [1.165, 1.54) is 24.4 Å². The monoisotopic (exact) mass is 352 g/mol. The number of amides is 1. The van der Waals surface area contributed by atoms with Gasteiger partial charge in [-0.25, -0.2) is 9.97 Å². The molecule has 0 bridgehead atoms. The highest BCUT2D eigenvalue weighted by atomic mass is 19.4. The number of benzene rings is 1. The van der Waals surface area contributed by atoms with Gasteiger partial charge in [-0.2, -0.15) is 13.2 Å². The maximum absolute atomic E-state index is 12.7. The smallest absolute Gasteiger partial charge is 0.354 e. The molecule has 2 rings (SSSR count). The number of aromatic nitrogens is 2. The van der Waals surface area contributed by atoms with Crippen LogP contribution in [0, 0.1) is 0 Å². The molecule has 0 atom stereocenters. The summed E-state index contributed by atoms with van der Waals surface area (Å²) in [5.41, 5.74) is -0.701. The number of halogens is 3. The van der Waals surface area contributed by atoms with E-state index in [1.54, 1.807) is 0 Å². The standard InChI is InChI=1S/C17H19F3N4O/c1-2-3-4-9-21-16-22-10-8-14(24-16)15(25)23-13-7-5-6-12(11-13)17(18,19)20/h5-8,10-11H,2-4,9H2,1H3,(H,23,25)(H,21,22,24). The van der Waals surface area contributed by atoms with Crippen molar-refractivity contribution < 1.29 is 18.0 Å². The van der Waals surface area contributed by atoms with Crippen LogP contribution in [0.25, 0.3) is 0 Å². The van der Waals surface area contributed by atoms with Crippen LogP contribution in [0.1, 0.15) is 42.2 Å². The van der Waals surface area contributed by atoms with Crippen molar-refractivity contribution in [2.45, 2.75) is 32.4 Å². The Morgan fingerprint density at radius 2 is 2.00 bits per heavy atom. The van der Waals surface area contributed by atoms with Gasteiger partial charge in [-0.05, 0) is 30.7 Å². The van der Waals surface area contributed by atoms with Gasteiger partial charge in [-0.1, -0.05) is 25.8 Å². The molecule has 1 heterocycles. The van der Waals surface area contributed by atoms with E-state index in [2.05, 4.69) is 27.5 Å². The zero-order valence-electron chi connectivity index (χ0n) is 13.7. The van der Waals surface area contributed by atoms with Crippen LogP contribution in [0.4, 0.5) is 24.8 Å². The van der Waals surface area contributed by atoms with Crippen molar-refractivity contribution in [3.05, 3.63) is 47.8 Å². The molecule has 1 amide bonds. The van der Waals surface area contributed by atoms with E-state index >= 15 is 0 Å². The fraction of sp³-hybridized carbons (Fsp3) is 0.353. The van der Waals surface area contributed by atoms with Crippen molar-refractivity contribution in [1.82, 2.24) is 9.97 Å². The maximum Gasteiger partial charge on any atom is 0.416 e. The summed E-state index contributed by atoms with van der Waals surface area (Å²) in [4.78, 5) is 20.3. The molecule has 1 aromatic heterocycles. The highest BCUT2D eigenvalue weighted by Crippen LogP contribution is 2.30. The van der Waals surface area contributed by atoms with Crippen molar-refractivity contribution in [1.29, 1.82) is 0 Å². The van der Waals surface area contributed by atoms with E-state index in [0.717, 1.165) is 31.4 Å². The molecule has 0 aliphatic heterocycles. The maximum atomic E-state index is 12.7. The quantitative estimate of drug-likeness (QED) is 0.727. The van der Waals surface area contributed by atoms with Crippen LogP contribution in [0.2, 0.25) is 0 Å². The minimum Gasteiger partial charge on any atom is -0.354 e. The Balaban J connectivity index is 2.03. The van der Waals surface area contributed by atoms with Gasteiger partial charge in [-0.3, -0.25) is 4.79 Å². The van der Waals surface area contributed by atoms with Crippen LogP contribution in [0.15, 0.2) is 36.5 Å². The first-order valence-corrected chi connectivity index (χ1v) is 7.95. The Hall–Kier alpha value is -2.64. The third kappa shape index (κ3) is 5.74. The number of anilines is 2. The van der Waals surface area contributed by atoms with Gasteiger partial charge in [0.1, 0.15) is 5.69 Å². The van der Waals surface area contributed by atoms with Gasteiger partial charge < -0.3 is 10.6 Å². The number of alkyl halides is 3. The molecule has 2 aromatic rings. The lowest BCUT2D eigenvalue weighted by molar-refractivity contribution is -0.137. The number of unbranched alkanes of at least 4 members (excludes halogenated alkanes) is 2. The van der Waals surface area contributed by atoms with E-state index < -0.39 is 17.6 Å². The van der Waals surface area contributed by atoms with Crippen LogP contribution in [-0.2, 0) is 6.18 Å². The summed E-state index contributed by atoms with van der Waals surface area (Å²) in [6.07, 6.45) is 0.0760. The topological polar surface area (TPSA) is 66.9 Å². The van der Waals surface area contributed by atoms with Crippen molar-refractivity contribution in [2.24, 2.45) is 0 Å². The molecule has 0 radical (unpaired) electrons. The van der Waals surface area contributed by atoms with Crippen LogP contribution < -0.4 is 10.6 Å². The first-order valence-electron chi connectivity index (χ1n) is 7.95. The Bertz CT molecular complexity index is 719. The Morgan fingerprint density at radius 3 is 2.72 bits per heavy atom. The molecule has 8 heteroatoms. The fourth-order valence-corrected chi connectivity index (χ4v) is 2.11. The summed E-state index contributed by atoms with van der Waals surface area (Å²) in [6.45, 7) is 2.78. The second-order valence-corrected chi connectivity index (χ2v) is 5.43. The second-order valence-electron chi connectivity index (χ2n) is 5.43. The molecule has 134 valence electrons.